The van der Waals surface area contributed by atoms with Crippen LogP contribution in [-0.2, 0) is 10.9 Å². The fourth-order valence-corrected chi connectivity index (χ4v) is 3.85. The van der Waals surface area contributed by atoms with Gasteiger partial charge in [-0.1, -0.05) is 59.5 Å². The maximum Gasteiger partial charge on any atom is 0.0736 e. The summed E-state index contributed by atoms with van der Waals surface area (Å²) in [5.74, 6) is 0.767. The predicted octanol–water partition coefficient (Wildman–Crippen LogP) is 6.25. The van der Waals surface area contributed by atoms with Gasteiger partial charge in [0.1, 0.15) is 0 Å². The fraction of sp³-hybridized carbons (Fsp3) is 0.550. The van der Waals surface area contributed by atoms with Gasteiger partial charge >= 0.3 is 0 Å². The molecule has 0 radical (unpaired) electrons. The number of aromatic nitrogens is 2. The maximum absolute atomic E-state index is 4.76. The van der Waals surface area contributed by atoms with Crippen LogP contribution < -0.4 is 0 Å². The zero-order valence-electron chi connectivity index (χ0n) is 14.5. The fourth-order valence-electron chi connectivity index (χ4n) is 3.57. The lowest BCUT2D eigenvalue weighted by Crippen LogP contribution is -2.24. The van der Waals surface area contributed by atoms with Gasteiger partial charge in [0.15, 0.2) is 0 Å². The molecule has 1 aromatic carbocycles. The summed E-state index contributed by atoms with van der Waals surface area (Å²) in [5, 5.41) is 5.55. The Kier molecular flexibility index (Phi) is 4.96. The first-order chi connectivity index (χ1) is 11.0. The smallest absolute Gasteiger partial charge is 0.0736 e. The van der Waals surface area contributed by atoms with Crippen molar-refractivity contribution < 1.29 is 0 Å². The summed E-state index contributed by atoms with van der Waals surface area (Å²) in [6.07, 6.45) is 6.89. The number of nitrogens with zero attached hydrogens (tertiary/aromatic N) is 2. The highest BCUT2D eigenvalue weighted by Gasteiger charge is 2.21. The number of hydrogen-bond donors (Lipinski definition) is 0. The molecular formula is C20H27BrN2. The molecule has 0 aliphatic heterocycles. The molecule has 0 saturated heterocycles. The quantitative estimate of drug-likeness (QED) is 0.580. The number of hydrogen-bond acceptors (Lipinski definition) is 1. The number of alkyl halides is 1. The molecule has 0 spiro atoms. The Morgan fingerprint density at radius 1 is 1.09 bits per heavy atom. The van der Waals surface area contributed by atoms with Crippen LogP contribution in [0.25, 0.3) is 11.3 Å². The van der Waals surface area contributed by atoms with E-state index in [0.717, 1.165) is 16.9 Å². The van der Waals surface area contributed by atoms with Gasteiger partial charge in [-0.15, -0.1) is 0 Å². The van der Waals surface area contributed by atoms with Crippen LogP contribution in [0.2, 0.25) is 0 Å². The molecule has 1 aromatic heterocycles. The molecule has 23 heavy (non-hydrogen) atoms. The third-order valence-corrected chi connectivity index (χ3v) is 5.39. The van der Waals surface area contributed by atoms with E-state index in [1.807, 2.05) is 0 Å². The van der Waals surface area contributed by atoms with Crippen LogP contribution in [0.4, 0.5) is 0 Å². The van der Waals surface area contributed by atoms with Crippen LogP contribution in [0.3, 0.4) is 0 Å². The standard InChI is InChI=1S/C20H27BrN2/c1-20(2,3)23-19(13-18(14-21)22-23)17-11-9-16(10-12-17)15-7-5-4-6-8-15/h9-13,15H,4-8,14H2,1-3H3. The van der Waals surface area contributed by atoms with E-state index in [1.54, 1.807) is 0 Å². The lowest BCUT2D eigenvalue weighted by atomic mass is 9.84. The summed E-state index contributed by atoms with van der Waals surface area (Å²) >= 11 is 3.53. The van der Waals surface area contributed by atoms with Crippen molar-refractivity contribution in [1.82, 2.24) is 9.78 Å². The maximum atomic E-state index is 4.76. The summed E-state index contributed by atoms with van der Waals surface area (Å²) in [4.78, 5) is 0. The van der Waals surface area contributed by atoms with Crippen molar-refractivity contribution in [2.45, 2.75) is 69.7 Å². The molecule has 0 N–H and O–H groups in total. The Hall–Kier alpha value is -1.09. The Balaban J connectivity index is 1.91. The third-order valence-electron chi connectivity index (χ3n) is 4.82. The van der Waals surface area contributed by atoms with Gasteiger partial charge in [-0.05, 0) is 56.7 Å². The molecule has 0 bridgehead atoms. The lowest BCUT2D eigenvalue weighted by Gasteiger charge is -2.24. The molecule has 1 fully saturated rings. The van der Waals surface area contributed by atoms with Gasteiger partial charge in [0, 0.05) is 5.33 Å². The van der Waals surface area contributed by atoms with Gasteiger partial charge in [-0.2, -0.15) is 5.10 Å². The van der Waals surface area contributed by atoms with E-state index in [4.69, 9.17) is 5.10 Å². The number of rotatable bonds is 3. The van der Waals surface area contributed by atoms with Crippen molar-refractivity contribution >= 4 is 15.9 Å². The Morgan fingerprint density at radius 2 is 1.74 bits per heavy atom. The molecule has 1 heterocycles. The number of halogens is 1. The van der Waals surface area contributed by atoms with Crippen LogP contribution in [0, 0.1) is 0 Å². The lowest BCUT2D eigenvalue weighted by molar-refractivity contribution is 0.358. The average molecular weight is 375 g/mol. The van der Waals surface area contributed by atoms with Gasteiger partial charge in [-0.3, -0.25) is 4.68 Å². The van der Waals surface area contributed by atoms with Crippen LogP contribution >= 0.6 is 15.9 Å². The van der Waals surface area contributed by atoms with Gasteiger partial charge in [-0.25, -0.2) is 0 Å². The first kappa shape index (κ1) is 16.8. The second-order valence-corrected chi connectivity index (χ2v) is 8.25. The molecule has 1 saturated carbocycles. The summed E-state index contributed by atoms with van der Waals surface area (Å²) < 4.78 is 2.15. The minimum atomic E-state index is -0.0161. The number of benzene rings is 1. The molecule has 0 unspecified atom stereocenters. The van der Waals surface area contributed by atoms with Crippen molar-refractivity contribution in [2.75, 3.05) is 0 Å². The molecule has 124 valence electrons. The van der Waals surface area contributed by atoms with E-state index in [1.165, 1.54) is 48.9 Å². The van der Waals surface area contributed by atoms with Gasteiger partial charge in [0.05, 0.1) is 16.9 Å². The average Bonchev–Trinajstić information content (AvgIpc) is 3.01. The molecule has 1 aliphatic rings. The molecule has 3 heteroatoms. The zero-order valence-corrected chi connectivity index (χ0v) is 16.1. The van der Waals surface area contributed by atoms with Gasteiger partial charge in [0.2, 0.25) is 0 Å². The zero-order chi connectivity index (χ0) is 16.4. The first-order valence-corrected chi connectivity index (χ1v) is 9.87. The molecule has 2 aromatic rings. The van der Waals surface area contributed by atoms with E-state index < -0.39 is 0 Å². The predicted molar refractivity (Wildman–Crippen MR) is 101 cm³/mol. The minimum Gasteiger partial charge on any atom is -0.259 e. The SMILES string of the molecule is CC(C)(C)n1nc(CBr)cc1-c1ccc(C2CCCCC2)cc1. The highest BCUT2D eigenvalue weighted by molar-refractivity contribution is 9.08. The van der Waals surface area contributed by atoms with Gasteiger partial charge in [0.25, 0.3) is 0 Å². The minimum absolute atomic E-state index is 0.0161. The van der Waals surface area contributed by atoms with Crippen LogP contribution in [-0.4, -0.2) is 9.78 Å². The van der Waals surface area contributed by atoms with E-state index >= 15 is 0 Å². The van der Waals surface area contributed by atoms with Crippen LogP contribution in [0.1, 0.15) is 70.1 Å². The largest absolute Gasteiger partial charge is 0.259 e. The van der Waals surface area contributed by atoms with Gasteiger partial charge < -0.3 is 0 Å². The van der Waals surface area contributed by atoms with E-state index in [9.17, 15) is 0 Å². The third kappa shape index (κ3) is 3.71. The highest BCUT2D eigenvalue weighted by atomic mass is 79.9. The van der Waals surface area contributed by atoms with Crippen LogP contribution in [0.15, 0.2) is 30.3 Å². The van der Waals surface area contributed by atoms with Crippen molar-refractivity contribution in [2.24, 2.45) is 0 Å². The monoisotopic (exact) mass is 374 g/mol. The molecule has 1 aliphatic carbocycles. The second kappa shape index (κ2) is 6.80. The Bertz CT molecular complexity index is 643. The second-order valence-electron chi connectivity index (χ2n) is 7.69. The summed E-state index contributed by atoms with van der Waals surface area (Å²) in [5.41, 5.74) is 5.06. The highest BCUT2D eigenvalue weighted by Crippen LogP contribution is 2.34. The summed E-state index contributed by atoms with van der Waals surface area (Å²) in [6, 6.07) is 11.4. The molecule has 0 atom stereocenters. The molecule has 3 rings (SSSR count). The molecular weight excluding hydrogens is 348 g/mol. The van der Waals surface area contributed by atoms with E-state index in [-0.39, 0.29) is 5.54 Å². The van der Waals surface area contributed by atoms with Crippen molar-refractivity contribution in [3.05, 3.63) is 41.6 Å². The first-order valence-electron chi connectivity index (χ1n) is 8.75. The summed E-state index contributed by atoms with van der Waals surface area (Å²) in [6.45, 7) is 6.62. The van der Waals surface area contributed by atoms with Crippen LogP contribution in [0.5, 0.6) is 0 Å². The molecule has 0 amide bonds. The topological polar surface area (TPSA) is 17.8 Å². The van der Waals surface area contributed by atoms with E-state index in [0.29, 0.717) is 0 Å². The summed E-state index contributed by atoms with van der Waals surface area (Å²) in [7, 11) is 0. The van der Waals surface area contributed by atoms with Crippen molar-refractivity contribution in [3.63, 3.8) is 0 Å². The van der Waals surface area contributed by atoms with Crippen molar-refractivity contribution in [3.8, 4) is 11.3 Å². The normalized spacial score (nSPS) is 16.7. The molecule has 2 nitrogen and oxygen atoms in total. The van der Waals surface area contributed by atoms with Crippen molar-refractivity contribution in [1.29, 1.82) is 0 Å². The Labute approximate surface area is 148 Å². The van der Waals surface area contributed by atoms with E-state index in [2.05, 4.69) is 71.7 Å². The Morgan fingerprint density at radius 3 is 2.30 bits per heavy atom.